The fraction of sp³-hybridized carbons (Fsp3) is 0.450. The summed E-state index contributed by atoms with van der Waals surface area (Å²) in [5, 5.41) is 4.20. The molecule has 1 fully saturated rings. The van der Waals surface area contributed by atoms with Gasteiger partial charge < -0.3 is 14.5 Å². The van der Waals surface area contributed by atoms with Crippen LogP contribution in [0.15, 0.2) is 47.4 Å². The largest absolute Gasteiger partial charge is 0.372 e. The van der Waals surface area contributed by atoms with E-state index in [0.29, 0.717) is 19.6 Å². The number of anilines is 1. The van der Waals surface area contributed by atoms with Gasteiger partial charge in [-0.15, -0.1) is 0 Å². The van der Waals surface area contributed by atoms with Crippen LogP contribution in [-0.2, 0) is 22.6 Å². The second-order valence-corrected chi connectivity index (χ2v) is 7.11. The monoisotopic (exact) mass is 370 g/mol. The molecule has 7 heteroatoms. The first-order chi connectivity index (χ1) is 12.9. The molecule has 0 aliphatic carbocycles. The molecule has 3 rings (SSSR count). The van der Waals surface area contributed by atoms with Crippen LogP contribution in [-0.4, -0.2) is 52.9 Å². The van der Waals surface area contributed by atoms with E-state index in [2.05, 4.69) is 5.10 Å². The van der Waals surface area contributed by atoms with E-state index in [1.807, 2.05) is 56.1 Å². The number of nitrogens with zero attached hydrogens (tertiary/aromatic N) is 4. The van der Waals surface area contributed by atoms with Crippen molar-refractivity contribution in [3.8, 4) is 0 Å². The highest BCUT2D eigenvalue weighted by Gasteiger charge is 2.26. The van der Waals surface area contributed by atoms with Gasteiger partial charge in [-0.1, -0.05) is 30.3 Å². The molecule has 2 atom stereocenters. The summed E-state index contributed by atoms with van der Waals surface area (Å²) in [4.78, 5) is 28.7. The van der Waals surface area contributed by atoms with Crippen molar-refractivity contribution in [3.05, 3.63) is 58.5 Å². The van der Waals surface area contributed by atoms with Gasteiger partial charge in [-0.2, -0.15) is 5.10 Å². The molecule has 27 heavy (non-hydrogen) atoms. The summed E-state index contributed by atoms with van der Waals surface area (Å²) in [7, 11) is 1.91. The molecular weight excluding hydrogens is 344 g/mol. The molecule has 144 valence electrons. The Kier molecular flexibility index (Phi) is 5.91. The maximum absolute atomic E-state index is 12.5. The molecule has 2 aromatic rings. The summed E-state index contributed by atoms with van der Waals surface area (Å²) in [6.45, 7) is 5.58. The van der Waals surface area contributed by atoms with Crippen LogP contribution in [0.1, 0.15) is 19.4 Å². The van der Waals surface area contributed by atoms with E-state index in [1.165, 1.54) is 10.7 Å². The highest BCUT2D eigenvalue weighted by molar-refractivity contribution is 5.76. The van der Waals surface area contributed by atoms with Crippen LogP contribution < -0.4 is 10.5 Å². The normalized spacial score (nSPS) is 19.7. The van der Waals surface area contributed by atoms with Crippen LogP contribution in [0.2, 0.25) is 0 Å². The number of aromatic nitrogens is 2. The minimum atomic E-state index is -0.282. The number of morpholine rings is 1. The number of hydrogen-bond donors (Lipinski definition) is 0. The van der Waals surface area contributed by atoms with Crippen molar-refractivity contribution in [3.63, 3.8) is 0 Å². The Hall–Kier alpha value is -2.67. The molecule has 7 nitrogen and oxygen atoms in total. The van der Waals surface area contributed by atoms with Crippen LogP contribution in [0.25, 0.3) is 0 Å². The van der Waals surface area contributed by atoms with Crippen molar-refractivity contribution >= 4 is 11.6 Å². The maximum atomic E-state index is 12.5. The summed E-state index contributed by atoms with van der Waals surface area (Å²) in [5.74, 6) is -0.114. The molecule has 0 radical (unpaired) electrons. The van der Waals surface area contributed by atoms with Crippen molar-refractivity contribution in [2.45, 2.75) is 39.1 Å². The van der Waals surface area contributed by atoms with Crippen LogP contribution in [0.5, 0.6) is 0 Å². The lowest BCUT2D eigenvalue weighted by Gasteiger charge is -2.35. The van der Waals surface area contributed by atoms with Gasteiger partial charge in [0.2, 0.25) is 5.91 Å². The lowest BCUT2D eigenvalue weighted by atomic mass is 10.2. The van der Waals surface area contributed by atoms with Gasteiger partial charge in [-0.05, 0) is 19.4 Å². The lowest BCUT2D eigenvalue weighted by molar-refractivity contribution is -0.144. The van der Waals surface area contributed by atoms with E-state index in [-0.39, 0.29) is 30.2 Å². The number of hydrogen-bond acceptors (Lipinski definition) is 5. The minimum absolute atomic E-state index is 0.00334. The van der Waals surface area contributed by atoms with Crippen molar-refractivity contribution in [2.75, 3.05) is 25.0 Å². The standard InChI is InChI=1S/C20H26N4O3/c1-15-11-23(12-16(2)27-15)20(26)14-24-19(25)9-18(10-21-24)22(3)13-17-7-5-4-6-8-17/h4-10,15-16H,11-14H2,1-3H3/t15-,16+. The van der Waals surface area contributed by atoms with Crippen molar-refractivity contribution in [1.82, 2.24) is 14.7 Å². The smallest absolute Gasteiger partial charge is 0.269 e. The first-order valence-corrected chi connectivity index (χ1v) is 9.18. The van der Waals surface area contributed by atoms with Crippen LogP contribution in [0.4, 0.5) is 5.69 Å². The van der Waals surface area contributed by atoms with E-state index < -0.39 is 0 Å². The molecule has 0 unspecified atom stereocenters. The van der Waals surface area contributed by atoms with Gasteiger partial charge in [0, 0.05) is 32.7 Å². The van der Waals surface area contributed by atoms with Gasteiger partial charge in [-0.25, -0.2) is 4.68 Å². The van der Waals surface area contributed by atoms with Crippen molar-refractivity contribution < 1.29 is 9.53 Å². The fourth-order valence-corrected chi connectivity index (χ4v) is 3.31. The lowest BCUT2D eigenvalue weighted by Crippen LogP contribution is -2.49. The topological polar surface area (TPSA) is 67.7 Å². The molecule has 0 bridgehead atoms. The molecule has 1 aromatic heterocycles. The summed E-state index contributed by atoms with van der Waals surface area (Å²) in [6.07, 6.45) is 1.62. The summed E-state index contributed by atoms with van der Waals surface area (Å²) < 4.78 is 6.86. The third-order valence-electron chi connectivity index (χ3n) is 4.62. The number of benzene rings is 1. The van der Waals surface area contributed by atoms with Crippen LogP contribution in [0.3, 0.4) is 0 Å². The summed E-state index contributed by atoms with van der Waals surface area (Å²) in [5.41, 5.74) is 1.59. The first-order valence-electron chi connectivity index (χ1n) is 9.18. The maximum Gasteiger partial charge on any atom is 0.269 e. The highest BCUT2D eigenvalue weighted by Crippen LogP contribution is 2.13. The van der Waals surface area contributed by atoms with E-state index in [4.69, 9.17) is 4.74 Å². The molecule has 1 amide bonds. The molecule has 1 aliphatic rings. The second kappa shape index (κ2) is 8.35. The number of amides is 1. The molecule has 1 saturated heterocycles. The van der Waals surface area contributed by atoms with E-state index in [1.54, 1.807) is 11.1 Å². The van der Waals surface area contributed by atoms with E-state index in [9.17, 15) is 9.59 Å². The van der Waals surface area contributed by atoms with E-state index >= 15 is 0 Å². The van der Waals surface area contributed by atoms with Crippen molar-refractivity contribution in [1.29, 1.82) is 0 Å². The van der Waals surface area contributed by atoms with Crippen LogP contribution in [0, 0.1) is 0 Å². The number of rotatable bonds is 5. The predicted octanol–water partition coefficient (Wildman–Crippen LogP) is 1.52. The number of carbonyl (C=O) groups is 1. The molecule has 1 aromatic carbocycles. The van der Waals surface area contributed by atoms with Gasteiger partial charge in [0.15, 0.2) is 0 Å². The molecular formula is C20H26N4O3. The Bertz CT molecular complexity index is 827. The Morgan fingerprint density at radius 1 is 1.22 bits per heavy atom. The first kappa shape index (κ1) is 19.1. The Morgan fingerprint density at radius 2 is 1.89 bits per heavy atom. The zero-order valence-corrected chi connectivity index (χ0v) is 16.0. The third kappa shape index (κ3) is 4.95. The predicted molar refractivity (Wildman–Crippen MR) is 104 cm³/mol. The highest BCUT2D eigenvalue weighted by atomic mass is 16.5. The Labute approximate surface area is 159 Å². The van der Waals surface area contributed by atoms with Gasteiger partial charge in [0.1, 0.15) is 6.54 Å². The zero-order valence-electron chi connectivity index (χ0n) is 16.0. The number of ether oxygens (including phenoxy) is 1. The fourth-order valence-electron chi connectivity index (χ4n) is 3.31. The van der Waals surface area contributed by atoms with Gasteiger partial charge in [-0.3, -0.25) is 9.59 Å². The molecule has 1 aliphatic heterocycles. The van der Waals surface area contributed by atoms with Gasteiger partial charge >= 0.3 is 0 Å². The average molecular weight is 370 g/mol. The quantitative estimate of drug-likeness (QED) is 0.798. The summed E-state index contributed by atoms with van der Waals surface area (Å²) in [6, 6.07) is 11.5. The molecule has 0 saturated carbocycles. The Morgan fingerprint density at radius 3 is 2.52 bits per heavy atom. The molecule has 0 spiro atoms. The van der Waals surface area contributed by atoms with Gasteiger partial charge in [0.05, 0.1) is 24.1 Å². The second-order valence-electron chi connectivity index (χ2n) is 7.11. The number of carbonyl (C=O) groups excluding carboxylic acids is 1. The third-order valence-corrected chi connectivity index (χ3v) is 4.62. The zero-order chi connectivity index (χ0) is 19.4. The Balaban J connectivity index is 1.66. The SMILES string of the molecule is C[C@@H]1CN(C(=O)Cn2ncc(N(C)Cc3ccccc3)cc2=O)C[C@H](C)O1. The molecule has 2 heterocycles. The van der Waals surface area contributed by atoms with Gasteiger partial charge in [0.25, 0.3) is 5.56 Å². The summed E-state index contributed by atoms with van der Waals surface area (Å²) >= 11 is 0. The average Bonchev–Trinajstić information content (AvgIpc) is 2.63. The minimum Gasteiger partial charge on any atom is -0.372 e. The van der Waals surface area contributed by atoms with Crippen molar-refractivity contribution in [2.24, 2.45) is 0 Å². The van der Waals surface area contributed by atoms with Crippen LogP contribution >= 0.6 is 0 Å². The molecule has 0 N–H and O–H groups in total. The van der Waals surface area contributed by atoms with E-state index in [0.717, 1.165) is 11.3 Å².